The molecule has 0 saturated heterocycles. The fourth-order valence-corrected chi connectivity index (χ4v) is 2.92. The van der Waals surface area contributed by atoms with Crippen molar-refractivity contribution < 1.29 is 18.7 Å². The zero-order valence-corrected chi connectivity index (χ0v) is 18.4. The summed E-state index contributed by atoms with van der Waals surface area (Å²) < 4.78 is 19.0. The number of carbonyl (C=O) groups excluding carboxylic acids is 2. The minimum atomic E-state index is -0.696. The Kier molecular flexibility index (Phi) is 8.39. The summed E-state index contributed by atoms with van der Waals surface area (Å²) in [4.78, 5) is 27.2. The highest BCUT2D eigenvalue weighted by molar-refractivity contribution is 5.88. The molecule has 0 aliphatic carbocycles. The third-order valence-electron chi connectivity index (χ3n) is 5.13. The number of nitrogens with one attached hydrogen (secondary N) is 1. The molecule has 2 aromatic carbocycles. The van der Waals surface area contributed by atoms with Gasteiger partial charge in [-0.25, -0.2) is 4.39 Å². The second-order valence-electron chi connectivity index (χ2n) is 7.70. The van der Waals surface area contributed by atoms with Crippen molar-refractivity contribution in [3.63, 3.8) is 0 Å². The van der Waals surface area contributed by atoms with Crippen LogP contribution in [0.4, 0.5) is 4.39 Å². The highest BCUT2D eigenvalue weighted by Crippen LogP contribution is 2.19. The lowest BCUT2D eigenvalue weighted by Crippen LogP contribution is -2.50. The number of hydrogen-bond donors (Lipinski definition) is 1. The lowest BCUT2D eigenvalue weighted by Gasteiger charge is -2.29. The van der Waals surface area contributed by atoms with Gasteiger partial charge in [0.15, 0.2) is 6.61 Å². The first-order chi connectivity index (χ1) is 14.2. The maximum Gasteiger partial charge on any atom is 0.261 e. The Labute approximate surface area is 178 Å². The molecule has 0 heterocycles. The summed E-state index contributed by atoms with van der Waals surface area (Å²) in [5.74, 6) is -0.252. The molecule has 0 radical (unpaired) electrons. The molecule has 0 bridgehead atoms. The van der Waals surface area contributed by atoms with Crippen LogP contribution in [-0.4, -0.2) is 35.4 Å². The smallest absolute Gasteiger partial charge is 0.261 e. The van der Waals surface area contributed by atoms with Crippen LogP contribution in [0.5, 0.6) is 5.75 Å². The lowest BCUT2D eigenvalue weighted by atomic mass is 10.1. The first kappa shape index (κ1) is 23.4. The number of carbonyl (C=O) groups is 2. The maximum atomic E-state index is 13.3. The highest BCUT2D eigenvalue weighted by Gasteiger charge is 2.27. The molecule has 162 valence electrons. The van der Waals surface area contributed by atoms with Gasteiger partial charge in [0.25, 0.3) is 5.91 Å². The SMILES string of the molecule is CC[C@H](C)NC(=O)[C@H](C)N(Cc1ccc(F)cc1)C(=O)COc1cc(C)ccc1C. The van der Waals surface area contributed by atoms with E-state index in [-0.39, 0.29) is 36.8 Å². The standard InChI is InChI=1S/C24H31FN2O3/c1-6-18(4)26-24(29)19(5)27(14-20-9-11-21(25)12-10-20)23(28)15-30-22-13-16(2)7-8-17(22)3/h7-13,18-19H,6,14-15H2,1-5H3,(H,26,29)/t18-,19-/m0/s1. The van der Waals surface area contributed by atoms with Crippen molar-refractivity contribution in [1.82, 2.24) is 10.2 Å². The van der Waals surface area contributed by atoms with Crippen molar-refractivity contribution in [3.8, 4) is 5.75 Å². The molecule has 0 fully saturated rings. The van der Waals surface area contributed by atoms with Crippen LogP contribution in [-0.2, 0) is 16.1 Å². The molecule has 0 saturated carbocycles. The molecule has 2 amide bonds. The predicted molar refractivity (Wildman–Crippen MR) is 116 cm³/mol. The fourth-order valence-electron chi connectivity index (χ4n) is 2.92. The second kappa shape index (κ2) is 10.8. The maximum absolute atomic E-state index is 13.3. The monoisotopic (exact) mass is 414 g/mol. The van der Waals surface area contributed by atoms with Crippen molar-refractivity contribution in [2.24, 2.45) is 0 Å². The number of ether oxygens (including phenoxy) is 1. The Morgan fingerprint density at radius 1 is 1.10 bits per heavy atom. The summed E-state index contributed by atoms with van der Waals surface area (Å²) in [6.45, 7) is 9.46. The van der Waals surface area contributed by atoms with Gasteiger partial charge in [0.1, 0.15) is 17.6 Å². The van der Waals surface area contributed by atoms with E-state index < -0.39 is 6.04 Å². The molecule has 0 aliphatic heterocycles. The number of amides is 2. The van der Waals surface area contributed by atoms with Crippen molar-refractivity contribution in [3.05, 3.63) is 65.0 Å². The van der Waals surface area contributed by atoms with E-state index in [1.807, 2.05) is 45.9 Å². The first-order valence-corrected chi connectivity index (χ1v) is 10.3. The lowest BCUT2D eigenvalue weighted by molar-refractivity contribution is -0.142. The average Bonchev–Trinajstić information content (AvgIpc) is 2.73. The van der Waals surface area contributed by atoms with Gasteiger partial charge in [0.2, 0.25) is 5.91 Å². The van der Waals surface area contributed by atoms with Crippen LogP contribution in [0, 0.1) is 19.7 Å². The number of rotatable bonds is 9. The van der Waals surface area contributed by atoms with Gasteiger partial charge in [-0.15, -0.1) is 0 Å². The minimum Gasteiger partial charge on any atom is -0.483 e. The fraction of sp³-hybridized carbons (Fsp3) is 0.417. The average molecular weight is 415 g/mol. The summed E-state index contributed by atoms with van der Waals surface area (Å²) >= 11 is 0. The van der Waals surface area contributed by atoms with Crippen LogP contribution in [0.2, 0.25) is 0 Å². The Balaban J connectivity index is 2.17. The molecular weight excluding hydrogens is 383 g/mol. The number of benzene rings is 2. The molecule has 2 atom stereocenters. The van der Waals surface area contributed by atoms with E-state index in [0.717, 1.165) is 23.1 Å². The van der Waals surface area contributed by atoms with Crippen LogP contribution in [0.1, 0.15) is 43.9 Å². The Morgan fingerprint density at radius 2 is 1.77 bits per heavy atom. The predicted octanol–water partition coefficient (Wildman–Crippen LogP) is 4.15. The quantitative estimate of drug-likeness (QED) is 0.671. The van der Waals surface area contributed by atoms with Crippen molar-refractivity contribution in [2.75, 3.05) is 6.61 Å². The summed E-state index contributed by atoms with van der Waals surface area (Å²) in [5.41, 5.74) is 2.70. The molecular formula is C24H31FN2O3. The third kappa shape index (κ3) is 6.58. The molecule has 6 heteroatoms. The van der Waals surface area contributed by atoms with Gasteiger partial charge in [-0.2, -0.15) is 0 Å². The zero-order valence-electron chi connectivity index (χ0n) is 18.4. The van der Waals surface area contributed by atoms with Gasteiger partial charge in [0, 0.05) is 12.6 Å². The topological polar surface area (TPSA) is 58.6 Å². The van der Waals surface area contributed by atoms with Crippen LogP contribution in [0.3, 0.4) is 0 Å². The molecule has 0 unspecified atom stereocenters. The number of hydrogen-bond acceptors (Lipinski definition) is 3. The minimum absolute atomic E-state index is 0.00826. The third-order valence-corrected chi connectivity index (χ3v) is 5.13. The van der Waals surface area contributed by atoms with E-state index in [1.165, 1.54) is 17.0 Å². The second-order valence-corrected chi connectivity index (χ2v) is 7.70. The largest absolute Gasteiger partial charge is 0.483 e. The van der Waals surface area contributed by atoms with Crippen molar-refractivity contribution in [2.45, 2.75) is 59.7 Å². The Morgan fingerprint density at radius 3 is 2.40 bits per heavy atom. The van der Waals surface area contributed by atoms with Crippen LogP contribution >= 0.6 is 0 Å². The number of aryl methyl sites for hydroxylation is 2. The van der Waals surface area contributed by atoms with Gasteiger partial charge in [-0.1, -0.05) is 31.2 Å². The van der Waals surface area contributed by atoms with Crippen molar-refractivity contribution >= 4 is 11.8 Å². The molecule has 2 aromatic rings. The van der Waals surface area contributed by atoms with E-state index >= 15 is 0 Å². The Bertz CT molecular complexity index is 867. The number of halogens is 1. The normalized spacial score (nSPS) is 12.7. The molecule has 0 spiro atoms. The van der Waals surface area contributed by atoms with Gasteiger partial charge in [-0.05, 0) is 69.0 Å². The molecule has 1 N–H and O–H groups in total. The summed E-state index contributed by atoms with van der Waals surface area (Å²) in [7, 11) is 0. The molecule has 2 rings (SSSR count). The molecule has 0 aliphatic rings. The molecule has 0 aromatic heterocycles. The van der Waals surface area contributed by atoms with Crippen molar-refractivity contribution in [1.29, 1.82) is 0 Å². The van der Waals surface area contributed by atoms with Gasteiger partial charge in [-0.3, -0.25) is 9.59 Å². The summed E-state index contributed by atoms with van der Waals surface area (Å²) in [6.07, 6.45) is 0.792. The van der Waals surface area contributed by atoms with Crippen LogP contribution in [0.15, 0.2) is 42.5 Å². The van der Waals surface area contributed by atoms with E-state index in [9.17, 15) is 14.0 Å². The zero-order chi connectivity index (χ0) is 22.3. The highest BCUT2D eigenvalue weighted by atomic mass is 19.1. The summed E-state index contributed by atoms with van der Waals surface area (Å²) in [5, 5.41) is 2.92. The molecule has 30 heavy (non-hydrogen) atoms. The van der Waals surface area contributed by atoms with E-state index in [4.69, 9.17) is 4.74 Å². The summed E-state index contributed by atoms with van der Waals surface area (Å²) in [6, 6.07) is 11.0. The first-order valence-electron chi connectivity index (χ1n) is 10.3. The van der Waals surface area contributed by atoms with E-state index in [1.54, 1.807) is 19.1 Å². The van der Waals surface area contributed by atoms with Gasteiger partial charge in [0.05, 0.1) is 0 Å². The van der Waals surface area contributed by atoms with Crippen LogP contribution in [0.25, 0.3) is 0 Å². The van der Waals surface area contributed by atoms with Gasteiger partial charge >= 0.3 is 0 Å². The van der Waals surface area contributed by atoms with Crippen LogP contribution < -0.4 is 10.1 Å². The van der Waals surface area contributed by atoms with Gasteiger partial charge < -0.3 is 15.0 Å². The number of nitrogens with zero attached hydrogens (tertiary/aromatic N) is 1. The van der Waals surface area contributed by atoms with E-state index in [2.05, 4.69) is 5.32 Å². The molecule has 5 nitrogen and oxygen atoms in total. The Hall–Kier alpha value is -2.89. The van der Waals surface area contributed by atoms with E-state index in [0.29, 0.717) is 5.75 Å².